The summed E-state index contributed by atoms with van der Waals surface area (Å²) in [5, 5.41) is 14.0. The molecule has 246 valence electrons. The van der Waals surface area contributed by atoms with Crippen LogP contribution >= 0.6 is 31.9 Å². The first-order chi connectivity index (χ1) is 22.2. The number of ether oxygens (including phenoxy) is 2. The van der Waals surface area contributed by atoms with Crippen molar-refractivity contribution in [2.24, 2.45) is 10.2 Å². The molecule has 46 heavy (non-hydrogen) atoms. The molecular formula is C34H44Br2N8O2. The Kier molecular flexibility index (Phi) is 15.9. The Morgan fingerprint density at radius 3 is 1.50 bits per heavy atom. The van der Waals surface area contributed by atoms with Gasteiger partial charge in [0.15, 0.2) is 0 Å². The number of nitrogens with zero attached hydrogens (tertiary/aromatic N) is 4. The maximum absolute atomic E-state index is 7.74. The van der Waals surface area contributed by atoms with Gasteiger partial charge in [0.1, 0.15) is 36.1 Å². The first kappa shape index (κ1) is 36.9. The average molecular weight is 757 g/mol. The van der Waals surface area contributed by atoms with Crippen molar-refractivity contribution in [3.05, 3.63) is 104 Å². The van der Waals surface area contributed by atoms with Crippen molar-refractivity contribution in [2.45, 2.75) is 12.8 Å². The SMILES string of the molecule is CN(C)CCOc1ccc(CCN/C=C(\N=N)c2cccc(/C(=C/NCCc3ccc(OCCN(C)C)c(Br)c3)N=N)c2)cc1Br. The van der Waals surface area contributed by atoms with E-state index in [0.717, 1.165) is 68.6 Å². The third kappa shape index (κ3) is 12.7. The molecule has 0 fully saturated rings. The average Bonchev–Trinajstić information content (AvgIpc) is 3.03. The molecule has 0 unspecified atom stereocenters. The molecule has 0 saturated heterocycles. The van der Waals surface area contributed by atoms with E-state index in [9.17, 15) is 0 Å². The molecule has 0 aliphatic rings. The van der Waals surface area contributed by atoms with Crippen LogP contribution in [0.25, 0.3) is 11.4 Å². The molecule has 12 heteroatoms. The summed E-state index contributed by atoms with van der Waals surface area (Å²) in [6.07, 6.45) is 5.08. The predicted molar refractivity (Wildman–Crippen MR) is 192 cm³/mol. The van der Waals surface area contributed by atoms with Crippen LogP contribution in [0.15, 0.2) is 92.2 Å². The van der Waals surface area contributed by atoms with Gasteiger partial charge in [0.05, 0.1) is 8.95 Å². The van der Waals surface area contributed by atoms with Crippen molar-refractivity contribution in [3.63, 3.8) is 0 Å². The topological polar surface area (TPSA) is 121 Å². The van der Waals surface area contributed by atoms with Gasteiger partial charge in [-0.1, -0.05) is 30.3 Å². The lowest BCUT2D eigenvalue weighted by atomic mass is 10.1. The van der Waals surface area contributed by atoms with E-state index in [0.29, 0.717) is 37.7 Å². The van der Waals surface area contributed by atoms with E-state index in [2.05, 4.69) is 86.8 Å². The van der Waals surface area contributed by atoms with Crippen LogP contribution in [0.5, 0.6) is 11.5 Å². The number of nitrogens with one attached hydrogen (secondary N) is 4. The maximum atomic E-state index is 7.74. The summed E-state index contributed by atoms with van der Waals surface area (Å²) >= 11 is 7.22. The minimum atomic E-state index is 0.490. The minimum absolute atomic E-state index is 0.490. The lowest BCUT2D eigenvalue weighted by Gasteiger charge is -2.13. The highest BCUT2D eigenvalue weighted by Crippen LogP contribution is 2.27. The highest BCUT2D eigenvalue weighted by molar-refractivity contribution is 9.10. The van der Waals surface area contributed by atoms with Gasteiger partial charge >= 0.3 is 0 Å². The van der Waals surface area contributed by atoms with Crippen LogP contribution in [-0.4, -0.2) is 77.4 Å². The predicted octanol–water partition coefficient (Wildman–Crippen LogP) is 7.42. The molecule has 3 aromatic carbocycles. The molecule has 4 N–H and O–H groups in total. The van der Waals surface area contributed by atoms with Crippen LogP contribution in [0.3, 0.4) is 0 Å². The molecule has 10 nitrogen and oxygen atoms in total. The van der Waals surface area contributed by atoms with Gasteiger partial charge in [0.25, 0.3) is 0 Å². The van der Waals surface area contributed by atoms with Gasteiger partial charge in [0.2, 0.25) is 0 Å². The lowest BCUT2D eigenvalue weighted by molar-refractivity contribution is 0.260. The molecule has 0 spiro atoms. The van der Waals surface area contributed by atoms with Crippen molar-refractivity contribution in [2.75, 3.05) is 67.6 Å². The normalized spacial score (nSPS) is 11.9. The van der Waals surface area contributed by atoms with E-state index in [4.69, 9.17) is 20.5 Å². The van der Waals surface area contributed by atoms with Crippen LogP contribution in [0.2, 0.25) is 0 Å². The Labute approximate surface area is 289 Å². The Hall–Kier alpha value is -3.58. The number of hydrogen-bond donors (Lipinski definition) is 4. The van der Waals surface area contributed by atoms with Gasteiger partial charge in [-0.2, -0.15) is 10.2 Å². The second-order valence-electron chi connectivity index (χ2n) is 11.1. The fourth-order valence-electron chi connectivity index (χ4n) is 4.28. The van der Waals surface area contributed by atoms with E-state index in [-0.39, 0.29) is 0 Å². The second kappa shape index (κ2) is 19.8. The number of benzene rings is 3. The third-order valence-corrected chi connectivity index (χ3v) is 8.11. The molecule has 0 bridgehead atoms. The molecule has 3 aromatic rings. The maximum Gasteiger partial charge on any atom is 0.133 e. The first-order valence-corrected chi connectivity index (χ1v) is 16.6. The molecule has 0 aromatic heterocycles. The summed E-state index contributed by atoms with van der Waals surface area (Å²) in [4.78, 5) is 4.17. The van der Waals surface area contributed by atoms with Gasteiger partial charge in [0, 0.05) is 49.7 Å². The summed E-state index contributed by atoms with van der Waals surface area (Å²) in [5.74, 6) is 1.66. The standard InChI is InChI=1S/C34H44Br2N8O2/c1-43(2)16-18-45-33-10-8-25(20-29(33)35)12-14-39-23-31(41-37)27-6-5-7-28(22-27)32(42-38)24-40-15-13-26-9-11-34(30(36)21-26)46-19-17-44(3)4/h5-11,20-24,37-40H,12-19H2,1-4H3/b31-23-,32-24-,41-37?,42-38?. The molecule has 0 radical (unpaired) electrons. The third-order valence-electron chi connectivity index (χ3n) is 6.87. The van der Waals surface area contributed by atoms with Crippen molar-refractivity contribution in [1.29, 1.82) is 11.1 Å². The van der Waals surface area contributed by atoms with Crippen LogP contribution in [-0.2, 0) is 12.8 Å². The number of likely N-dealkylation sites (N-methyl/N-ethyl adjacent to an activating group) is 2. The Balaban J connectivity index is 1.52. The molecule has 3 rings (SSSR count). The highest BCUT2D eigenvalue weighted by Gasteiger charge is 2.08. The molecular weight excluding hydrogens is 712 g/mol. The van der Waals surface area contributed by atoms with Crippen molar-refractivity contribution < 1.29 is 9.47 Å². The first-order valence-electron chi connectivity index (χ1n) is 15.0. The van der Waals surface area contributed by atoms with Crippen molar-refractivity contribution in [1.82, 2.24) is 20.4 Å². The Morgan fingerprint density at radius 1 is 0.696 bits per heavy atom. The van der Waals surface area contributed by atoms with Crippen LogP contribution < -0.4 is 20.1 Å². The van der Waals surface area contributed by atoms with Crippen LogP contribution in [0.1, 0.15) is 22.3 Å². The van der Waals surface area contributed by atoms with Crippen LogP contribution in [0, 0.1) is 11.1 Å². The molecule has 0 amide bonds. The number of rotatable bonds is 20. The van der Waals surface area contributed by atoms with Crippen molar-refractivity contribution in [3.8, 4) is 11.5 Å². The van der Waals surface area contributed by atoms with E-state index < -0.39 is 0 Å². The van der Waals surface area contributed by atoms with Gasteiger partial charge in [-0.15, -0.1) is 0 Å². The Bertz CT molecular complexity index is 1390. The van der Waals surface area contributed by atoms with Crippen LogP contribution in [0.4, 0.5) is 0 Å². The summed E-state index contributed by atoms with van der Waals surface area (Å²) in [6, 6.07) is 19.8. The Morgan fingerprint density at radius 2 is 1.13 bits per heavy atom. The summed E-state index contributed by atoms with van der Waals surface area (Å²) in [6.45, 7) is 4.31. The number of halogens is 2. The molecule has 0 aliphatic carbocycles. The minimum Gasteiger partial charge on any atom is -0.491 e. The second-order valence-corrected chi connectivity index (χ2v) is 12.8. The van der Waals surface area contributed by atoms with E-state index in [1.807, 2.05) is 64.6 Å². The monoisotopic (exact) mass is 754 g/mol. The molecule has 0 aliphatic heterocycles. The highest BCUT2D eigenvalue weighted by atomic mass is 79.9. The van der Waals surface area contributed by atoms with Gasteiger partial charge in [-0.25, -0.2) is 11.1 Å². The smallest absolute Gasteiger partial charge is 0.133 e. The summed E-state index contributed by atoms with van der Waals surface area (Å²) in [5.41, 5.74) is 20.3. The van der Waals surface area contributed by atoms with Gasteiger partial charge in [-0.05, 0) is 114 Å². The zero-order valence-electron chi connectivity index (χ0n) is 26.9. The number of hydrogen-bond acceptors (Lipinski definition) is 10. The van der Waals surface area contributed by atoms with Crippen molar-refractivity contribution >= 4 is 43.3 Å². The van der Waals surface area contributed by atoms with Gasteiger partial charge in [-0.3, -0.25) is 0 Å². The van der Waals surface area contributed by atoms with Gasteiger partial charge < -0.3 is 29.9 Å². The largest absolute Gasteiger partial charge is 0.491 e. The molecule has 0 heterocycles. The molecule has 0 atom stereocenters. The van der Waals surface area contributed by atoms with E-state index in [1.54, 1.807) is 12.4 Å². The lowest BCUT2D eigenvalue weighted by Crippen LogP contribution is -2.19. The zero-order valence-corrected chi connectivity index (χ0v) is 30.1. The van der Waals surface area contributed by atoms with E-state index in [1.165, 1.54) is 0 Å². The summed E-state index contributed by atoms with van der Waals surface area (Å²) < 4.78 is 13.6. The zero-order chi connectivity index (χ0) is 33.3. The fourth-order valence-corrected chi connectivity index (χ4v) is 5.36. The fraction of sp³-hybridized carbons (Fsp3) is 0.353. The quantitative estimate of drug-likeness (QED) is 0.0704. The summed E-state index contributed by atoms with van der Waals surface area (Å²) in [7, 11) is 8.08. The van der Waals surface area contributed by atoms with E-state index >= 15 is 0 Å². The molecule has 0 saturated carbocycles.